The number of hydrazone groups is 1. The van der Waals surface area contributed by atoms with Gasteiger partial charge in [-0.2, -0.15) is 5.10 Å². The van der Waals surface area contributed by atoms with Crippen molar-refractivity contribution in [1.29, 1.82) is 0 Å². The summed E-state index contributed by atoms with van der Waals surface area (Å²) in [5.41, 5.74) is 2.53. The van der Waals surface area contributed by atoms with E-state index in [1.165, 1.54) is 5.01 Å². The number of carbonyl (C=O) groups is 1. The number of alkyl halides is 1. The Morgan fingerprint density at radius 3 is 2.54 bits per heavy atom. The van der Waals surface area contributed by atoms with Crippen LogP contribution in [0.15, 0.2) is 29.4 Å². The van der Waals surface area contributed by atoms with Gasteiger partial charge >= 0.3 is 0 Å². The molecule has 0 spiro atoms. The minimum Gasteiger partial charge on any atom is -0.325 e. The number of nitrogens with zero attached hydrogens (tertiary/aromatic N) is 2. The third-order valence-corrected chi connectivity index (χ3v) is 4.35. The van der Waals surface area contributed by atoms with E-state index in [9.17, 15) is 9.18 Å². The molecule has 0 fully saturated rings. The van der Waals surface area contributed by atoms with Crippen LogP contribution in [0.1, 0.15) is 52.5 Å². The largest absolute Gasteiger partial charge is 0.325 e. The van der Waals surface area contributed by atoms with E-state index in [2.05, 4.69) is 38.1 Å². The van der Waals surface area contributed by atoms with Crippen LogP contribution in [0, 0.1) is 11.3 Å². The quantitative estimate of drug-likeness (QED) is 0.830. The summed E-state index contributed by atoms with van der Waals surface area (Å²) in [5, 5.41) is 8.15. The number of amides is 1. The number of benzene rings is 1. The molecular formula is C19H28FN3O. The van der Waals surface area contributed by atoms with Gasteiger partial charge in [-0.05, 0) is 36.3 Å². The number of carbonyl (C=O) groups excluding carboxylic acids is 1. The first-order valence-electron chi connectivity index (χ1n) is 8.42. The third-order valence-electron chi connectivity index (χ3n) is 4.35. The van der Waals surface area contributed by atoms with Gasteiger partial charge in [0.1, 0.15) is 5.92 Å². The van der Waals surface area contributed by atoms with Crippen LogP contribution in [0.25, 0.3) is 0 Å². The molecule has 1 N–H and O–H groups in total. The number of anilines is 1. The number of rotatable bonds is 4. The fourth-order valence-corrected chi connectivity index (χ4v) is 3.38. The van der Waals surface area contributed by atoms with E-state index in [0.717, 1.165) is 17.7 Å². The van der Waals surface area contributed by atoms with Crippen molar-refractivity contribution < 1.29 is 9.18 Å². The van der Waals surface area contributed by atoms with Crippen molar-refractivity contribution in [3.63, 3.8) is 0 Å². The van der Waals surface area contributed by atoms with Crippen molar-refractivity contribution in [2.24, 2.45) is 16.4 Å². The van der Waals surface area contributed by atoms with Crippen LogP contribution in [0.4, 0.5) is 10.1 Å². The number of hydrogen-bond acceptors (Lipinski definition) is 3. The van der Waals surface area contributed by atoms with Gasteiger partial charge in [0.25, 0.3) is 0 Å². The van der Waals surface area contributed by atoms with Crippen molar-refractivity contribution in [3.05, 3.63) is 29.8 Å². The van der Waals surface area contributed by atoms with E-state index in [0.29, 0.717) is 11.6 Å². The van der Waals surface area contributed by atoms with Gasteiger partial charge in [0.05, 0.1) is 5.71 Å². The van der Waals surface area contributed by atoms with Gasteiger partial charge in [0.15, 0.2) is 0 Å². The first-order valence-corrected chi connectivity index (χ1v) is 8.42. The monoisotopic (exact) mass is 333 g/mol. The molecule has 0 aliphatic carbocycles. The molecule has 1 aromatic rings. The van der Waals surface area contributed by atoms with Crippen LogP contribution < -0.4 is 5.32 Å². The summed E-state index contributed by atoms with van der Waals surface area (Å²) in [5.74, 6) is -0.909. The smallest absolute Gasteiger partial charge is 0.238 e. The Morgan fingerprint density at radius 2 is 2.00 bits per heavy atom. The highest BCUT2D eigenvalue weighted by Gasteiger charge is 2.39. The van der Waals surface area contributed by atoms with Crippen molar-refractivity contribution in [1.82, 2.24) is 5.01 Å². The molecule has 0 saturated carbocycles. The molecule has 1 aliphatic rings. The topological polar surface area (TPSA) is 44.7 Å². The fourth-order valence-electron chi connectivity index (χ4n) is 3.38. The summed E-state index contributed by atoms with van der Waals surface area (Å²) >= 11 is 0. The maximum absolute atomic E-state index is 14.2. The van der Waals surface area contributed by atoms with Crippen molar-refractivity contribution >= 4 is 17.3 Å². The highest BCUT2D eigenvalue weighted by molar-refractivity contribution is 6.09. The second-order valence-corrected chi connectivity index (χ2v) is 7.91. The maximum Gasteiger partial charge on any atom is 0.238 e. The van der Waals surface area contributed by atoms with Gasteiger partial charge in [-0.3, -0.25) is 9.80 Å². The fraction of sp³-hybridized carbons (Fsp3) is 0.579. The number of halogens is 1. The van der Waals surface area contributed by atoms with Crippen LogP contribution >= 0.6 is 0 Å². The number of nitrogens with one attached hydrogen (secondary N) is 1. The van der Waals surface area contributed by atoms with Crippen LogP contribution in [0.3, 0.4) is 0 Å². The van der Waals surface area contributed by atoms with E-state index < -0.39 is 12.2 Å². The molecule has 3 atom stereocenters. The standard InChI is InChI=1S/C19H28FN3O/c1-12(11-19(3,4)5)14-9-7-8-10-15(14)21-18(24)16-13(2)22-23(6)17(16)20/h7-10,12,16-17H,11H2,1-6H3,(H,21,24). The predicted molar refractivity (Wildman–Crippen MR) is 96.8 cm³/mol. The highest BCUT2D eigenvalue weighted by Crippen LogP contribution is 2.34. The summed E-state index contributed by atoms with van der Waals surface area (Å²) in [6.45, 7) is 10.4. The van der Waals surface area contributed by atoms with Crippen LogP contribution in [-0.2, 0) is 4.79 Å². The van der Waals surface area contributed by atoms with E-state index in [1.807, 2.05) is 24.3 Å². The van der Waals surface area contributed by atoms with Gasteiger partial charge < -0.3 is 5.32 Å². The lowest BCUT2D eigenvalue weighted by Crippen LogP contribution is -2.36. The maximum atomic E-state index is 14.2. The van der Waals surface area contributed by atoms with Gasteiger partial charge in [-0.15, -0.1) is 0 Å². The second kappa shape index (κ2) is 6.91. The van der Waals surface area contributed by atoms with Crippen molar-refractivity contribution in [2.45, 2.75) is 53.3 Å². The lowest BCUT2D eigenvalue weighted by Gasteiger charge is -2.25. The van der Waals surface area contributed by atoms with Crippen LogP contribution in [-0.4, -0.2) is 30.0 Å². The molecule has 132 valence electrons. The van der Waals surface area contributed by atoms with E-state index in [-0.39, 0.29) is 11.3 Å². The summed E-state index contributed by atoms with van der Waals surface area (Å²) < 4.78 is 14.2. The molecule has 0 saturated heterocycles. The molecular weight excluding hydrogens is 305 g/mol. The molecule has 0 aromatic heterocycles. The Morgan fingerprint density at radius 1 is 1.38 bits per heavy atom. The minimum absolute atomic E-state index is 0.192. The summed E-state index contributed by atoms with van der Waals surface area (Å²) in [4.78, 5) is 12.6. The molecule has 2 rings (SSSR count). The summed E-state index contributed by atoms with van der Waals surface area (Å²) in [6, 6.07) is 7.77. The Labute approximate surface area is 144 Å². The first-order chi connectivity index (χ1) is 11.1. The molecule has 1 aliphatic heterocycles. The first kappa shape index (κ1) is 18.4. The minimum atomic E-state index is -1.41. The lowest BCUT2D eigenvalue weighted by molar-refractivity contribution is -0.120. The van der Waals surface area contributed by atoms with Gasteiger partial charge in [0.2, 0.25) is 12.2 Å². The molecule has 0 radical (unpaired) electrons. The Hall–Kier alpha value is -1.91. The third kappa shape index (κ3) is 4.13. The molecule has 3 unspecified atom stereocenters. The second-order valence-electron chi connectivity index (χ2n) is 7.91. The summed E-state index contributed by atoms with van der Waals surface area (Å²) in [7, 11) is 1.54. The zero-order valence-electron chi connectivity index (χ0n) is 15.4. The molecule has 0 bridgehead atoms. The molecule has 4 nitrogen and oxygen atoms in total. The molecule has 1 heterocycles. The van der Waals surface area contributed by atoms with E-state index >= 15 is 0 Å². The van der Waals surface area contributed by atoms with Crippen molar-refractivity contribution in [3.8, 4) is 0 Å². The SMILES string of the molecule is CC1=NN(C)C(F)C1C(=O)Nc1ccccc1C(C)CC(C)(C)C. The van der Waals surface area contributed by atoms with Gasteiger partial charge in [0, 0.05) is 12.7 Å². The zero-order chi connectivity index (χ0) is 18.1. The summed E-state index contributed by atoms with van der Waals surface area (Å²) in [6.07, 6.45) is -0.415. The average molecular weight is 333 g/mol. The predicted octanol–water partition coefficient (Wildman–Crippen LogP) is 4.40. The number of hydrogen-bond donors (Lipinski definition) is 1. The van der Waals surface area contributed by atoms with Gasteiger partial charge in [-0.25, -0.2) is 4.39 Å². The molecule has 1 amide bonds. The van der Waals surface area contributed by atoms with Gasteiger partial charge in [-0.1, -0.05) is 45.9 Å². The van der Waals surface area contributed by atoms with Crippen LogP contribution in [0.5, 0.6) is 0 Å². The normalized spacial score (nSPS) is 22.3. The average Bonchev–Trinajstić information content (AvgIpc) is 2.70. The highest BCUT2D eigenvalue weighted by atomic mass is 19.1. The Kier molecular flexibility index (Phi) is 5.31. The molecule has 24 heavy (non-hydrogen) atoms. The molecule has 5 heteroatoms. The Balaban J connectivity index is 2.19. The van der Waals surface area contributed by atoms with E-state index in [4.69, 9.17) is 0 Å². The number of para-hydroxylation sites is 1. The lowest BCUT2D eigenvalue weighted by atomic mass is 9.82. The Bertz CT molecular complexity index is 636. The van der Waals surface area contributed by atoms with E-state index in [1.54, 1.807) is 14.0 Å². The molecule has 1 aromatic carbocycles. The van der Waals surface area contributed by atoms with Crippen LogP contribution in [0.2, 0.25) is 0 Å². The van der Waals surface area contributed by atoms with Crippen molar-refractivity contribution in [2.75, 3.05) is 12.4 Å². The zero-order valence-corrected chi connectivity index (χ0v) is 15.4.